The van der Waals surface area contributed by atoms with Crippen LogP contribution in [0.15, 0.2) is 18.2 Å². The van der Waals surface area contributed by atoms with E-state index in [-0.39, 0.29) is 11.3 Å². The standard InChI is InChI=1S/C10H11NO3/c11-10(3-4-10)7-2-1-6(9(13)14)5-8(7)12/h1-2,5,12H,3-4,11H2,(H,13,14). The molecule has 0 aromatic heterocycles. The van der Waals surface area contributed by atoms with E-state index in [9.17, 15) is 9.90 Å². The number of aromatic hydroxyl groups is 1. The Kier molecular flexibility index (Phi) is 1.75. The average Bonchev–Trinajstić information content (AvgIpc) is 2.84. The molecule has 1 fully saturated rings. The van der Waals surface area contributed by atoms with Gasteiger partial charge in [-0.2, -0.15) is 0 Å². The maximum absolute atomic E-state index is 10.6. The highest BCUT2D eigenvalue weighted by molar-refractivity contribution is 5.88. The highest BCUT2D eigenvalue weighted by Gasteiger charge is 2.41. The first kappa shape index (κ1) is 9.02. The van der Waals surface area contributed by atoms with E-state index >= 15 is 0 Å². The minimum Gasteiger partial charge on any atom is -0.508 e. The van der Waals surface area contributed by atoms with Gasteiger partial charge in [-0.25, -0.2) is 4.79 Å². The number of carboxylic acids is 1. The molecule has 0 bridgehead atoms. The summed E-state index contributed by atoms with van der Waals surface area (Å²) < 4.78 is 0. The molecular formula is C10H11NO3. The summed E-state index contributed by atoms with van der Waals surface area (Å²) >= 11 is 0. The van der Waals surface area contributed by atoms with E-state index in [2.05, 4.69) is 0 Å². The molecule has 0 heterocycles. The van der Waals surface area contributed by atoms with E-state index in [1.165, 1.54) is 12.1 Å². The molecule has 0 aliphatic heterocycles. The second-order valence-electron chi connectivity index (χ2n) is 3.69. The summed E-state index contributed by atoms with van der Waals surface area (Å²) in [7, 11) is 0. The molecule has 74 valence electrons. The van der Waals surface area contributed by atoms with Crippen molar-refractivity contribution in [2.45, 2.75) is 18.4 Å². The van der Waals surface area contributed by atoms with Crippen LogP contribution in [0.4, 0.5) is 0 Å². The number of aromatic carboxylic acids is 1. The lowest BCUT2D eigenvalue weighted by molar-refractivity contribution is 0.0696. The van der Waals surface area contributed by atoms with Crippen molar-refractivity contribution in [1.82, 2.24) is 0 Å². The maximum Gasteiger partial charge on any atom is 0.335 e. The summed E-state index contributed by atoms with van der Waals surface area (Å²) in [6.45, 7) is 0. The zero-order valence-corrected chi connectivity index (χ0v) is 7.53. The third kappa shape index (κ3) is 1.33. The van der Waals surface area contributed by atoms with Crippen molar-refractivity contribution in [2.75, 3.05) is 0 Å². The normalized spacial score (nSPS) is 17.8. The van der Waals surface area contributed by atoms with E-state index in [0.717, 1.165) is 12.8 Å². The van der Waals surface area contributed by atoms with Crippen molar-refractivity contribution in [1.29, 1.82) is 0 Å². The molecule has 0 amide bonds. The van der Waals surface area contributed by atoms with Gasteiger partial charge in [-0.1, -0.05) is 6.07 Å². The number of nitrogens with two attached hydrogens (primary N) is 1. The molecule has 2 rings (SSSR count). The molecule has 14 heavy (non-hydrogen) atoms. The van der Waals surface area contributed by atoms with Gasteiger partial charge < -0.3 is 15.9 Å². The maximum atomic E-state index is 10.6. The second-order valence-corrected chi connectivity index (χ2v) is 3.69. The number of phenols is 1. The number of carboxylic acid groups (broad SMARTS) is 1. The van der Waals surface area contributed by atoms with Crippen LogP contribution in [0.1, 0.15) is 28.8 Å². The molecule has 0 atom stereocenters. The number of hydrogen-bond donors (Lipinski definition) is 3. The van der Waals surface area contributed by atoms with Crippen molar-refractivity contribution in [3.63, 3.8) is 0 Å². The Morgan fingerprint density at radius 2 is 2.07 bits per heavy atom. The highest BCUT2D eigenvalue weighted by atomic mass is 16.4. The Bertz CT molecular complexity index is 396. The summed E-state index contributed by atoms with van der Waals surface area (Å²) in [5.74, 6) is -1.07. The number of rotatable bonds is 2. The first-order chi connectivity index (χ1) is 6.53. The summed E-state index contributed by atoms with van der Waals surface area (Å²) in [6.07, 6.45) is 1.68. The van der Waals surface area contributed by atoms with E-state index in [1.807, 2.05) is 0 Å². The Hall–Kier alpha value is -1.55. The van der Waals surface area contributed by atoms with Crippen LogP contribution in [0.2, 0.25) is 0 Å². The third-order valence-corrected chi connectivity index (χ3v) is 2.57. The van der Waals surface area contributed by atoms with Gasteiger partial charge in [0.2, 0.25) is 0 Å². The highest BCUT2D eigenvalue weighted by Crippen LogP contribution is 2.46. The Morgan fingerprint density at radius 1 is 1.43 bits per heavy atom. The fraction of sp³-hybridized carbons (Fsp3) is 0.300. The minimum absolute atomic E-state index is 0.0232. The molecule has 1 aliphatic carbocycles. The van der Waals surface area contributed by atoms with Crippen molar-refractivity contribution in [3.8, 4) is 5.75 Å². The van der Waals surface area contributed by atoms with Gasteiger partial charge in [0, 0.05) is 11.1 Å². The molecule has 1 aromatic carbocycles. The fourth-order valence-electron chi connectivity index (χ4n) is 1.49. The number of hydrogen-bond acceptors (Lipinski definition) is 3. The molecule has 0 spiro atoms. The van der Waals surface area contributed by atoms with Crippen LogP contribution in [0.3, 0.4) is 0 Å². The Labute approximate surface area is 81.0 Å². The fourth-order valence-corrected chi connectivity index (χ4v) is 1.49. The quantitative estimate of drug-likeness (QED) is 0.655. The SMILES string of the molecule is NC1(c2ccc(C(=O)O)cc2O)CC1. The van der Waals surface area contributed by atoms with E-state index in [4.69, 9.17) is 10.8 Å². The largest absolute Gasteiger partial charge is 0.508 e. The number of benzene rings is 1. The monoisotopic (exact) mass is 193 g/mol. The van der Waals surface area contributed by atoms with E-state index < -0.39 is 11.5 Å². The zero-order valence-electron chi connectivity index (χ0n) is 7.53. The van der Waals surface area contributed by atoms with Crippen molar-refractivity contribution in [3.05, 3.63) is 29.3 Å². The molecular weight excluding hydrogens is 182 g/mol. The first-order valence-corrected chi connectivity index (χ1v) is 4.39. The van der Waals surface area contributed by atoms with Crippen LogP contribution in [0.25, 0.3) is 0 Å². The van der Waals surface area contributed by atoms with Crippen LogP contribution in [-0.4, -0.2) is 16.2 Å². The van der Waals surface area contributed by atoms with Gasteiger partial charge in [-0.05, 0) is 25.0 Å². The van der Waals surface area contributed by atoms with Gasteiger partial charge in [-0.15, -0.1) is 0 Å². The minimum atomic E-state index is -1.05. The van der Waals surface area contributed by atoms with Crippen LogP contribution in [0, 0.1) is 0 Å². The summed E-state index contributed by atoms with van der Waals surface area (Å²) in [4.78, 5) is 10.6. The van der Waals surface area contributed by atoms with Gasteiger partial charge in [0.05, 0.1) is 5.56 Å². The topological polar surface area (TPSA) is 83.6 Å². The van der Waals surface area contributed by atoms with Gasteiger partial charge >= 0.3 is 5.97 Å². The summed E-state index contributed by atoms with van der Waals surface area (Å²) in [5, 5.41) is 18.2. The van der Waals surface area contributed by atoms with Crippen molar-refractivity contribution in [2.24, 2.45) is 5.73 Å². The number of phenolic OH excluding ortho intramolecular Hbond substituents is 1. The Balaban J connectivity index is 2.41. The smallest absolute Gasteiger partial charge is 0.335 e. The van der Waals surface area contributed by atoms with Gasteiger partial charge in [-0.3, -0.25) is 0 Å². The van der Waals surface area contributed by atoms with Crippen LogP contribution in [0.5, 0.6) is 5.75 Å². The predicted octanol–water partition coefficient (Wildman–Crippen LogP) is 1.04. The van der Waals surface area contributed by atoms with Crippen LogP contribution in [-0.2, 0) is 5.54 Å². The number of carbonyl (C=O) groups is 1. The second kappa shape index (κ2) is 2.72. The van der Waals surface area contributed by atoms with Crippen molar-refractivity contribution >= 4 is 5.97 Å². The lowest BCUT2D eigenvalue weighted by Crippen LogP contribution is -2.18. The molecule has 0 saturated heterocycles. The van der Waals surface area contributed by atoms with Crippen molar-refractivity contribution < 1.29 is 15.0 Å². The molecule has 1 saturated carbocycles. The van der Waals surface area contributed by atoms with Crippen LogP contribution >= 0.6 is 0 Å². The molecule has 4 heteroatoms. The third-order valence-electron chi connectivity index (χ3n) is 2.57. The predicted molar refractivity (Wildman–Crippen MR) is 50.2 cm³/mol. The molecule has 4 nitrogen and oxygen atoms in total. The first-order valence-electron chi connectivity index (χ1n) is 4.39. The average molecular weight is 193 g/mol. The molecule has 1 aromatic rings. The van der Waals surface area contributed by atoms with Gasteiger partial charge in [0.1, 0.15) is 5.75 Å². The molecule has 0 radical (unpaired) electrons. The lowest BCUT2D eigenvalue weighted by atomic mass is 10.0. The van der Waals surface area contributed by atoms with E-state index in [1.54, 1.807) is 6.07 Å². The Morgan fingerprint density at radius 3 is 2.50 bits per heavy atom. The van der Waals surface area contributed by atoms with Gasteiger partial charge in [0.25, 0.3) is 0 Å². The summed E-state index contributed by atoms with van der Waals surface area (Å²) in [5.41, 5.74) is 6.18. The van der Waals surface area contributed by atoms with E-state index in [0.29, 0.717) is 5.56 Å². The van der Waals surface area contributed by atoms with Gasteiger partial charge in [0.15, 0.2) is 0 Å². The lowest BCUT2D eigenvalue weighted by Gasteiger charge is -2.11. The summed E-state index contributed by atoms with van der Waals surface area (Å²) in [6, 6.07) is 4.29. The molecule has 4 N–H and O–H groups in total. The van der Waals surface area contributed by atoms with Crippen LogP contribution < -0.4 is 5.73 Å². The molecule has 1 aliphatic rings. The zero-order chi connectivity index (χ0) is 10.3. The molecule has 0 unspecified atom stereocenters.